The Morgan fingerprint density at radius 2 is 1.95 bits per heavy atom. The van der Waals surface area contributed by atoms with Crippen molar-refractivity contribution in [2.45, 2.75) is 32.0 Å². The molecule has 110 valence electrons. The van der Waals surface area contributed by atoms with E-state index in [1.807, 2.05) is 12.3 Å². The SMILES string of the molecule is CC1CN(Cc2ccccn2)C(Cc2ccccc2)CN1. The van der Waals surface area contributed by atoms with Crippen LogP contribution in [0.15, 0.2) is 54.7 Å². The Morgan fingerprint density at radius 3 is 2.71 bits per heavy atom. The van der Waals surface area contributed by atoms with Crippen LogP contribution in [0.3, 0.4) is 0 Å². The van der Waals surface area contributed by atoms with Crippen LogP contribution >= 0.6 is 0 Å². The lowest BCUT2D eigenvalue weighted by molar-refractivity contribution is 0.125. The molecule has 0 amide bonds. The second kappa shape index (κ2) is 6.83. The van der Waals surface area contributed by atoms with Crippen LogP contribution in [0.5, 0.6) is 0 Å². The van der Waals surface area contributed by atoms with Gasteiger partial charge in [-0.1, -0.05) is 36.4 Å². The van der Waals surface area contributed by atoms with Crippen LogP contribution in [0.4, 0.5) is 0 Å². The Labute approximate surface area is 127 Å². The Balaban J connectivity index is 1.71. The lowest BCUT2D eigenvalue weighted by Crippen LogP contribution is -2.55. The van der Waals surface area contributed by atoms with Crippen LogP contribution < -0.4 is 5.32 Å². The molecule has 0 bridgehead atoms. The molecule has 2 aromatic rings. The number of benzene rings is 1. The highest BCUT2D eigenvalue weighted by Gasteiger charge is 2.26. The summed E-state index contributed by atoms with van der Waals surface area (Å²) in [5.41, 5.74) is 2.56. The minimum absolute atomic E-state index is 0.533. The first-order valence-electron chi connectivity index (χ1n) is 7.72. The number of pyridine rings is 1. The Hall–Kier alpha value is -1.71. The fourth-order valence-corrected chi connectivity index (χ4v) is 3.01. The van der Waals surface area contributed by atoms with E-state index < -0.39 is 0 Å². The second-order valence-corrected chi connectivity index (χ2v) is 5.90. The van der Waals surface area contributed by atoms with Crippen LogP contribution in [-0.4, -0.2) is 35.1 Å². The van der Waals surface area contributed by atoms with Crippen LogP contribution in [0, 0.1) is 0 Å². The summed E-state index contributed by atoms with van der Waals surface area (Å²) in [5.74, 6) is 0. The summed E-state index contributed by atoms with van der Waals surface area (Å²) >= 11 is 0. The molecule has 21 heavy (non-hydrogen) atoms. The van der Waals surface area contributed by atoms with Crippen molar-refractivity contribution >= 4 is 0 Å². The highest BCUT2D eigenvalue weighted by molar-refractivity contribution is 5.16. The molecule has 2 unspecified atom stereocenters. The van der Waals surface area contributed by atoms with Gasteiger partial charge in [0.05, 0.1) is 5.69 Å². The van der Waals surface area contributed by atoms with Crippen molar-refractivity contribution in [3.63, 3.8) is 0 Å². The van der Waals surface area contributed by atoms with Gasteiger partial charge in [0.1, 0.15) is 0 Å². The minimum Gasteiger partial charge on any atom is -0.311 e. The van der Waals surface area contributed by atoms with Crippen molar-refractivity contribution in [3.05, 3.63) is 66.0 Å². The average molecular weight is 281 g/mol. The molecule has 3 nitrogen and oxygen atoms in total. The third-order valence-electron chi connectivity index (χ3n) is 4.13. The predicted octanol–water partition coefficient (Wildman–Crippen LogP) is 2.49. The largest absolute Gasteiger partial charge is 0.311 e. The highest BCUT2D eigenvalue weighted by atomic mass is 15.2. The molecule has 1 aliphatic rings. The van der Waals surface area contributed by atoms with Crippen molar-refractivity contribution in [3.8, 4) is 0 Å². The van der Waals surface area contributed by atoms with Crippen molar-refractivity contribution < 1.29 is 0 Å². The summed E-state index contributed by atoms with van der Waals surface area (Å²) in [5, 5.41) is 3.61. The number of hydrogen-bond donors (Lipinski definition) is 1. The fourth-order valence-electron chi connectivity index (χ4n) is 3.01. The van der Waals surface area contributed by atoms with Crippen molar-refractivity contribution in [1.82, 2.24) is 15.2 Å². The lowest BCUT2D eigenvalue weighted by atomic mass is 10.0. The lowest BCUT2D eigenvalue weighted by Gasteiger charge is -2.39. The Bertz CT molecular complexity index is 541. The quantitative estimate of drug-likeness (QED) is 0.933. The number of hydrogen-bond acceptors (Lipinski definition) is 3. The van der Waals surface area contributed by atoms with Gasteiger partial charge in [0.25, 0.3) is 0 Å². The zero-order valence-electron chi connectivity index (χ0n) is 12.6. The predicted molar refractivity (Wildman–Crippen MR) is 86.0 cm³/mol. The molecule has 1 aromatic heterocycles. The van der Waals surface area contributed by atoms with Gasteiger partial charge >= 0.3 is 0 Å². The first-order valence-corrected chi connectivity index (χ1v) is 7.72. The van der Waals surface area contributed by atoms with Gasteiger partial charge in [-0.3, -0.25) is 9.88 Å². The number of nitrogens with zero attached hydrogens (tertiary/aromatic N) is 2. The van der Waals surface area contributed by atoms with E-state index in [1.54, 1.807) is 0 Å². The molecule has 0 saturated carbocycles. The van der Waals surface area contributed by atoms with Gasteiger partial charge in [0.2, 0.25) is 0 Å². The molecule has 1 aromatic carbocycles. The van der Waals surface area contributed by atoms with Gasteiger partial charge in [-0.25, -0.2) is 0 Å². The Morgan fingerprint density at radius 1 is 1.14 bits per heavy atom. The number of aromatic nitrogens is 1. The molecule has 0 aliphatic carbocycles. The summed E-state index contributed by atoms with van der Waals surface area (Å²) < 4.78 is 0. The van der Waals surface area contributed by atoms with Gasteiger partial charge < -0.3 is 5.32 Å². The number of nitrogens with one attached hydrogen (secondary N) is 1. The van der Waals surface area contributed by atoms with Crippen molar-refractivity contribution in [2.75, 3.05) is 13.1 Å². The van der Waals surface area contributed by atoms with Gasteiger partial charge in [-0.2, -0.15) is 0 Å². The molecular weight excluding hydrogens is 258 g/mol. The highest BCUT2D eigenvalue weighted by Crippen LogP contribution is 2.15. The van der Waals surface area contributed by atoms with Gasteiger partial charge in [0.15, 0.2) is 0 Å². The van der Waals surface area contributed by atoms with Crippen molar-refractivity contribution in [2.24, 2.45) is 0 Å². The molecule has 2 heterocycles. The molecule has 0 radical (unpaired) electrons. The van der Waals surface area contributed by atoms with E-state index in [4.69, 9.17) is 0 Å². The van der Waals surface area contributed by atoms with Gasteiger partial charge in [-0.15, -0.1) is 0 Å². The normalized spacial score (nSPS) is 23.1. The van der Waals surface area contributed by atoms with Crippen LogP contribution in [0.1, 0.15) is 18.2 Å². The van der Waals surface area contributed by atoms with E-state index in [0.29, 0.717) is 12.1 Å². The van der Waals surface area contributed by atoms with Crippen LogP contribution in [-0.2, 0) is 13.0 Å². The van der Waals surface area contributed by atoms with E-state index in [-0.39, 0.29) is 0 Å². The maximum Gasteiger partial charge on any atom is 0.0544 e. The van der Waals surface area contributed by atoms with Gasteiger partial charge in [-0.05, 0) is 31.0 Å². The molecule has 1 aliphatic heterocycles. The number of rotatable bonds is 4. The van der Waals surface area contributed by atoms with Crippen LogP contribution in [0.2, 0.25) is 0 Å². The Kier molecular flexibility index (Phi) is 4.63. The first kappa shape index (κ1) is 14.2. The van der Waals surface area contributed by atoms with E-state index in [0.717, 1.165) is 31.7 Å². The summed E-state index contributed by atoms with van der Waals surface area (Å²) in [4.78, 5) is 7.04. The molecule has 2 atom stereocenters. The zero-order chi connectivity index (χ0) is 14.5. The molecule has 1 N–H and O–H groups in total. The maximum atomic E-state index is 4.48. The van der Waals surface area contributed by atoms with E-state index in [1.165, 1.54) is 5.56 Å². The van der Waals surface area contributed by atoms with Crippen molar-refractivity contribution in [1.29, 1.82) is 0 Å². The summed E-state index contributed by atoms with van der Waals surface area (Å²) in [6, 6.07) is 18.0. The molecule has 3 rings (SSSR count). The van der Waals surface area contributed by atoms with E-state index in [9.17, 15) is 0 Å². The standard InChI is InChI=1S/C18H23N3/c1-15-13-21(14-17-9-5-6-10-19-17)18(12-20-15)11-16-7-3-2-4-8-16/h2-10,15,18,20H,11-14H2,1H3. The van der Waals surface area contributed by atoms with E-state index in [2.05, 4.69) is 64.6 Å². The number of piperazine rings is 1. The summed E-state index contributed by atoms with van der Waals surface area (Å²) in [7, 11) is 0. The first-order chi connectivity index (χ1) is 10.3. The third-order valence-corrected chi connectivity index (χ3v) is 4.13. The molecule has 1 fully saturated rings. The minimum atomic E-state index is 0.533. The summed E-state index contributed by atoms with van der Waals surface area (Å²) in [6.07, 6.45) is 2.97. The van der Waals surface area contributed by atoms with E-state index >= 15 is 0 Å². The molecule has 1 saturated heterocycles. The monoisotopic (exact) mass is 281 g/mol. The molecule has 3 heteroatoms. The topological polar surface area (TPSA) is 28.2 Å². The molecule has 0 spiro atoms. The van der Waals surface area contributed by atoms with Crippen LogP contribution in [0.25, 0.3) is 0 Å². The fraction of sp³-hybridized carbons (Fsp3) is 0.389. The zero-order valence-corrected chi connectivity index (χ0v) is 12.6. The second-order valence-electron chi connectivity index (χ2n) is 5.90. The smallest absolute Gasteiger partial charge is 0.0544 e. The molecular formula is C18H23N3. The maximum absolute atomic E-state index is 4.48. The van der Waals surface area contributed by atoms with Gasteiger partial charge in [0, 0.05) is 37.9 Å². The summed E-state index contributed by atoms with van der Waals surface area (Å²) in [6.45, 7) is 5.31. The third kappa shape index (κ3) is 3.90. The average Bonchev–Trinajstić information content (AvgIpc) is 2.52.